The molecule has 2 aliphatic heterocycles. The van der Waals surface area contributed by atoms with Crippen molar-refractivity contribution in [2.24, 2.45) is 0 Å². The zero-order valence-electron chi connectivity index (χ0n) is 9.06. The smallest absolute Gasteiger partial charge is 0.335 e. The highest BCUT2D eigenvalue weighted by Gasteiger charge is 2.42. The summed E-state index contributed by atoms with van der Waals surface area (Å²) in [6.45, 7) is 2.34. The predicted molar refractivity (Wildman–Crippen MR) is 53.9 cm³/mol. The average Bonchev–Trinajstić information content (AvgIpc) is 2.67. The number of likely N-dealkylation sites (N-methyl/N-ethyl adjacent to an activating group) is 2. The number of carbonyl (C=O) groups excluding carboxylic acids is 2. The monoisotopic (exact) mass is 212 g/mol. The van der Waals surface area contributed by atoms with Crippen molar-refractivity contribution in [3.8, 4) is 0 Å². The summed E-state index contributed by atoms with van der Waals surface area (Å²) in [5.74, 6) is -0.0823. The number of hydrazine groups is 1. The van der Waals surface area contributed by atoms with Crippen molar-refractivity contribution in [3.63, 3.8) is 0 Å². The van der Waals surface area contributed by atoms with Crippen LogP contribution in [0.15, 0.2) is 0 Å². The molecule has 0 saturated carbocycles. The van der Waals surface area contributed by atoms with Gasteiger partial charge in [-0.15, -0.1) is 0 Å². The normalized spacial score (nSPS) is 26.8. The molecule has 1 atom stereocenters. The van der Waals surface area contributed by atoms with Gasteiger partial charge in [0.1, 0.15) is 6.04 Å². The Morgan fingerprint density at radius 1 is 1.40 bits per heavy atom. The fraction of sp³-hybridized carbons (Fsp3) is 0.778. The topological polar surface area (TPSA) is 55.9 Å². The van der Waals surface area contributed by atoms with E-state index < -0.39 is 0 Å². The van der Waals surface area contributed by atoms with Gasteiger partial charge in [-0.05, 0) is 6.42 Å². The molecule has 84 valence electrons. The molecule has 2 saturated heterocycles. The first-order valence-electron chi connectivity index (χ1n) is 5.16. The molecule has 0 spiro atoms. The molecular formula is C9H16N4O2. The molecular weight excluding hydrogens is 196 g/mol. The van der Waals surface area contributed by atoms with Crippen LogP contribution in [0, 0.1) is 0 Å². The Balaban J connectivity index is 2.17. The van der Waals surface area contributed by atoms with Gasteiger partial charge in [-0.3, -0.25) is 4.79 Å². The molecule has 2 heterocycles. The van der Waals surface area contributed by atoms with E-state index in [0.717, 1.165) is 26.1 Å². The number of carbonyl (C=O) groups is 2. The van der Waals surface area contributed by atoms with Crippen LogP contribution >= 0.6 is 0 Å². The Morgan fingerprint density at radius 3 is 2.80 bits per heavy atom. The third-order valence-electron chi connectivity index (χ3n) is 3.03. The van der Waals surface area contributed by atoms with Crippen molar-refractivity contribution in [2.75, 3.05) is 33.7 Å². The van der Waals surface area contributed by atoms with E-state index in [0.29, 0.717) is 0 Å². The number of rotatable bonds is 1. The highest BCUT2D eigenvalue weighted by molar-refractivity contribution is 5.87. The van der Waals surface area contributed by atoms with Gasteiger partial charge in [0, 0.05) is 33.7 Å². The lowest BCUT2D eigenvalue weighted by atomic mass is 10.2. The van der Waals surface area contributed by atoms with Crippen molar-refractivity contribution in [1.82, 2.24) is 20.2 Å². The molecule has 0 unspecified atom stereocenters. The summed E-state index contributed by atoms with van der Waals surface area (Å²) < 4.78 is 0. The molecule has 6 heteroatoms. The zero-order valence-corrected chi connectivity index (χ0v) is 9.06. The van der Waals surface area contributed by atoms with Gasteiger partial charge in [0.05, 0.1) is 0 Å². The molecule has 3 amide bonds. The van der Waals surface area contributed by atoms with Crippen LogP contribution in [0.4, 0.5) is 4.79 Å². The lowest BCUT2D eigenvalue weighted by Crippen LogP contribution is -2.59. The van der Waals surface area contributed by atoms with Gasteiger partial charge >= 0.3 is 6.03 Å². The van der Waals surface area contributed by atoms with Gasteiger partial charge in [-0.1, -0.05) is 0 Å². The van der Waals surface area contributed by atoms with Gasteiger partial charge < -0.3 is 10.2 Å². The first kappa shape index (κ1) is 10.2. The first-order valence-corrected chi connectivity index (χ1v) is 5.16. The minimum atomic E-state index is -0.328. The quantitative estimate of drug-likeness (QED) is 0.612. The van der Waals surface area contributed by atoms with Crippen molar-refractivity contribution in [3.05, 3.63) is 0 Å². The van der Waals surface area contributed by atoms with E-state index in [1.54, 1.807) is 24.0 Å². The molecule has 6 nitrogen and oxygen atoms in total. The Morgan fingerprint density at radius 2 is 2.13 bits per heavy atom. The Bertz CT molecular complexity index is 294. The van der Waals surface area contributed by atoms with Gasteiger partial charge in [-0.2, -0.15) is 0 Å². The van der Waals surface area contributed by atoms with Crippen LogP contribution in [0.3, 0.4) is 0 Å². The second kappa shape index (κ2) is 3.69. The van der Waals surface area contributed by atoms with E-state index in [-0.39, 0.29) is 18.0 Å². The van der Waals surface area contributed by atoms with E-state index in [4.69, 9.17) is 0 Å². The SMILES string of the molecule is CNC(=O)[C@@H]1CCN2CCN(C)C(=O)N12. The first-order chi connectivity index (χ1) is 7.15. The molecule has 2 aliphatic rings. The summed E-state index contributed by atoms with van der Waals surface area (Å²) in [5, 5.41) is 6.14. The summed E-state index contributed by atoms with van der Waals surface area (Å²) in [4.78, 5) is 25.1. The fourth-order valence-corrected chi connectivity index (χ4v) is 2.12. The molecule has 0 aliphatic carbocycles. The molecule has 0 radical (unpaired) electrons. The van der Waals surface area contributed by atoms with Crippen LogP contribution in [-0.4, -0.2) is 66.6 Å². The van der Waals surface area contributed by atoms with E-state index in [1.165, 1.54) is 0 Å². The summed E-state index contributed by atoms with van der Waals surface area (Å²) in [6, 6.07) is -0.405. The molecule has 2 fully saturated rings. The van der Waals surface area contributed by atoms with E-state index in [2.05, 4.69) is 5.32 Å². The average molecular weight is 212 g/mol. The van der Waals surface area contributed by atoms with E-state index >= 15 is 0 Å². The van der Waals surface area contributed by atoms with Crippen LogP contribution in [-0.2, 0) is 4.79 Å². The van der Waals surface area contributed by atoms with Crippen LogP contribution in [0.5, 0.6) is 0 Å². The minimum Gasteiger partial charge on any atom is -0.357 e. The van der Waals surface area contributed by atoms with Gasteiger partial charge in [0.25, 0.3) is 0 Å². The number of nitrogens with one attached hydrogen (secondary N) is 1. The molecule has 0 aromatic carbocycles. The molecule has 0 aromatic heterocycles. The number of urea groups is 1. The second-order valence-electron chi connectivity index (χ2n) is 3.92. The van der Waals surface area contributed by atoms with Crippen molar-refractivity contribution in [1.29, 1.82) is 0 Å². The molecule has 0 aromatic rings. The second-order valence-corrected chi connectivity index (χ2v) is 3.92. The lowest BCUT2D eigenvalue weighted by Gasteiger charge is -2.39. The van der Waals surface area contributed by atoms with Gasteiger partial charge in [0.15, 0.2) is 0 Å². The number of fused-ring (bicyclic) bond motifs is 1. The van der Waals surface area contributed by atoms with E-state index in [9.17, 15) is 9.59 Å². The number of nitrogens with zero attached hydrogens (tertiary/aromatic N) is 3. The number of hydrogen-bond acceptors (Lipinski definition) is 3. The largest absolute Gasteiger partial charge is 0.357 e. The maximum Gasteiger partial charge on any atom is 0.335 e. The van der Waals surface area contributed by atoms with Crippen LogP contribution < -0.4 is 5.32 Å². The maximum absolute atomic E-state index is 11.9. The minimum absolute atomic E-state index is 0.0765. The Kier molecular flexibility index (Phi) is 2.52. The third-order valence-corrected chi connectivity index (χ3v) is 3.03. The van der Waals surface area contributed by atoms with Crippen LogP contribution in [0.2, 0.25) is 0 Å². The molecule has 1 N–H and O–H groups in total. The Hall–Kier alpha value is -1.30. The fourth-order valence-electron chi connectivity index (χ4n) is 2.12. The lowest BCUT2D eigenvalue weighted by molar-refractivity contribution is -0.128. The van der Waals surface area contributed by atoms with E-state index in [1.807, 2.05) is 5.01 Å². The molecule has 2 rings (SSSR count). The van der Waals surface area contributed by atoms with Gasteiger partial charge in [0.2, 0.25) is 5.91 Å². The summed E-state index contributed by atoms with van der Waals surface area (Å²) in [6.07, 6.45) is 0.721. The number of amides is 3. The maximum atomic E-state index is 11.9. The van der Waals surface area contributed by atoms with Crippen LogP contribution in [0.1, 0.15) is 6.42 Å². The molecule has 0 bridgehead atoms. The van der Waals surface area contributed by atoms with Crippen LogP contribution in [0.25, 0.3) is 0 Å². The summed E-state index contributed by atoms with van der Waals surface area (Å²) >= 11 is 0. The molecule has 15 heavy (non-hydrogen) atoms. The highest BCUT2D eigenvalue weighted by atomic mass is 16.2. The number of hydrogen-bond donors (Lipinski definition) is 1. The Labute approximate surface area is 88.8 Å². The zero-order chi connectivity index (χ0) is 11.0. The predicted octanol–water partition coefficient (Wildman–Crippen LogP) is -0.911. The highest BCUT2D eigenvalue weighted by Crippen LogP contribution is 2.22. The van der Waals surface area contributed by atoms with Crippen molar-refractivity contribution in [2.45, 2.75) is 12.5 Å². The third kappa shape index (κ3) is 1.54. The summed E-state index contributed by atoms with van der Waals surface area (Å²) in [7, 11) is 3.36. The van der Waals surface area contributed by atoms with Gasteiger partial charge in [-0.25, -0.2) is 14.8 Å². The summed E-state index contributed by atoms with van der Waals surface area (Å²) in [5.41, 5.74) is 0. The van der Waals surface area contributed by atoms with Crippen molar-refractivity contribution >= 4 is 11.9 Å². The van der Waals surface area contributed by atoms with Crippen molar-refractivity contribution < 1.29 is 9.59 Å². The standard InChI is InChI=1S/C9H16N4O2/c1-10-8(14)7-3-4-12-6-5-11(2)9(15)13(7)12/h7H,3-6H2,1-2H3,(H,10,14)/t7-/m0/s1.